The number of amides is 1. The first-order chi connectivity index (χ1) is 14.2. The summed E-state index contributed by atoms with van der Waals surface area (Å²) in [6, 6.07) is 11.4. The van der Waals surface area contributed by atoms with Crippen LogP contribution in [0.3, 0.4) is 0 Å². The molecule has 6 nitrogen and oxygen atoms in total. The molecule has 0 spiro atoms. The molecule has 2 N–H and O–H groups in total. The van der Waals surface area contributed by atoms with Gasteiger partial charge in [-0.15, -0.1) is 0 Å². The molecule has 1 atom stereocenters. The van der Waals surface area contributed by atoms with E-state index in [-0.39, 0.29) is 11.9 Å². The first-order valence-corrected chi connectivity index (χ1v) is 10.1. The molecule has 150 valence electrons. The number of carbonyl (C=O) groups is 1. The molecule has 1 unspecified atom stereocenters. The highest BCUT2D eigenvalue weighted by molar-refractivity contribution is 5.95. The first-order valence-electron chi connectivity index (χ1n) is 10.1. The van der Waals surface area contributed by atoms with Crippen LogP contribution in [0.5, 0.6) is 17.2 Å². The lowest BCUT2D eigenvalue weighted by Gasteiger charge is -2.24. The van der Waals surface area contributed by atoms with E-state index in [0.29, 0.717) is 30.3 Å². The highest BCUT2D eigenvalue weighted by atomic mass is 16.5. The zero-order valence-electron chi connectivity index (χ0n) is 16.4. The number of nitrogens with one attached hydrogen (secondary N) is 2. The van der Waals surface area contributed by atoms with Gasteiger partial charge in [-0.05, 0) is 61.2 Å². The van der Waals surface area contributed by atoms with Crippen LogP contribution >= 0.6 is 0 Å². The van der Waals surface area contributed by atoms with Gasteiger partial charge in [0.15, 0.2) is 11.5 Å². The SMILES string of the molecule is COc1ccc2[nH]c3c(c2c1)CCCC3NC(=O)c1ccc2c(c1)OCCCO2. The summed E-state index contributed by atoms with van der Waals surface area (Å²) in [4.78, 5) is 16.5. The number of aromatic nitrogens is 1. The quantitative estimate of drug-likeness (QED) is 0.703. The van der Waals surface area contributed by atoms with Gasteiger partial charge in [-0.1, -0.05) is 0 Å². The van der Waals surface area contributed by atoms with E-state index in [2.05, 4.69) is 16.4 Å². The molecule has 3 aromatic rings. The summed E-state index contributed by atoms with van der Waals surface area (Å²) in [5, 5.41) is 4.38. The third-order valence-corrected chi connectivity index (χ3v) is 5.73. The predicted octanol–water partition coefficient (Wildman–Crippen LogP) is 4.15. The molecule has 0 fully saturated rings. The normalized spacial score (nSPS) is 18.0. The van der Waals surface area contributed by atoms with Crippen molar-refractivity contribution >= 4 is 16.8 Å². The highest BCUT2D eigenvalue weighted by Gasteiger charge is 2.26. The van der Waals surface area contributed by atoms with E-state index in [9.17, 15) is 4.79 Å². The Bertz CT molecular complexity index is 1070. The van der Waals surface area contributed by atoms with E-state index >= 15 is 0 Å². The van der Waals surface area contributed by atoms with Gasteiger partial charge in [0.25, 0.3) is 5.91 Å². The fourth-order valence-corrected chi connectivity index (χ4v) is 4.26. The highest BCUT2D eigenvalue weighted by Crippen LogP contribution is 2.36. The number of hydrogen-bond acceptors (Lipinski definition) is 4. The van der Waals surface area contributed by atoms with E-state index in [1.165, 1.54) is 10.9 Å². The van der Waals surface area contributed by atoms with E-state index in [0.717, 1.165) is 42.6 Å². The number of aryl methyl sites for hydroxylation is 1. The molecular weight excluding hydrogens is 368 g/mol. The molecule has 0 bridgehead atoms. The molecule has 0 radical (unpaired) electrons. The number of benzene rings is 2. The fraction of sp³-hybridized carbons (Fsp3) is 0.348. The van der Waals surface area contributed by atoms with Gasteiger partial charge in [0.1, 0.15) is 5.75 Å². The maximum absolute atomic E-state index is 13.0. The van der Waals surface area contributed by atoms with Crippen molar-refractivity contribution < 1.29 is 19.0 Å². The summed E-state index contributed by atoms with van der Waals surface area (Å²) in [5.74, 6) is 2.08. The summed E-state index contributed by atoms with van der Waals surface area (Å²) in [5.41, 5.74) is 4.03. The van der Waals surface area contributed by atoms with Gasteiger partial charge >= 0.3 is 0 Å². The van der Waals surface area contributed by atoms with Gasteiger partial charge in [-0.3, -0.25) is 4.79 Å². The zero-order valence-corrected chi connectivity index (χ0v) is 16.4. The van der Waals surface area contributed by atoms with Crippen LogP contribution in [0, 0.1) is 0 Å². The lowest BCUT2D eigenvalue weighted by atomic mass is 9.91. The average molecular weight is 392 g/mol. The van der Waals surface area contributed by atoms with Crippen LogP contribution in [0.4, 0.5) is 0 Å². The topological polar surface area (TPSA) is 72.6 Å². The minimum Gasteiger partial charge on any atom is -0.497 e. The Balaban J connectivity index is 1.42. The average Bonchev–Trinajstić information content (AvgIpc) is 2.96. The Kier molecular flexibility index (Phi) is 4.54. The van der Waals surface area contributed by atoms with E-state index < -0.39 is 0 Å². The number of aromatic amines is 1. The molecule has 1 aromatic heterocycles. The third-order valence-electron chi connectivity index (χ3n) is 5.73. The fourth-order valence-electron chi connectivity index (χ4n) is 4.26. The van der Waals surface area contributed by atoms with Gasteiger partial charge in [0.2, 0.25) is 0 Å². The lowest BCUT2D eigenvalue weighted by Crippen LogP contribution is -2.31. The number of carbonyl (C=O) groups excluding carboxylic acids is 1. The molecule has 6 heteroatoms. The Morgan fingerprint density at radius 1 is 1.10 bits per heavy atom. The van der Waals surface area contributed by atoms with Crippen molar-refractivity contribution in [1.82, 2.24) is 10.3 Å². The summed E-state index contributed by atoms with van der Waals surface area (Å²) < 4.78 is 16.8. The van der Waals surface area contributed by atoms with Gasteiger partial charge < -0.3 is 24.5 Å². The first kappa shape index (κ1) is 17.9. The maximum atomic E-state index is 13.0. The van der Waals surface area contributed by atoms with Crippen LogP contribution in [0.1, 0.15) is 46.9 Å². The summed E-state index contributed by atoms with van der Waals surface area (Å²) >= 11 is 0. The van der Waals surface area contributed by atoms with Gasteiger partial charge in [0.05, 0.1) is 26.4 Å². The van der Waals surface area contributed by atoms with E-state index in [1.807, 2.05) is 18.2 Å². The number of H-pyrrole nitrogens is 1. The molecule has 29 heavy (non-hydrogen) atoms. The van der Waals surface area contributed by atoms with E-state index in [1.54, 1.807) is 19.2 Å². The molecule has 1 aliphatic heterocycles. The minimum atomic E-state index is -0.102. The number of rotatable bonds is 3. The smallest absolute Gasteiger partial charge is 0.251 e. The second-order valence-corrected chi connectivity index (χ2v) is 7.56. The van der Waals surface area contributed by atoms with Crippen molar-refractivity contribution in [3.8, 4) is 17.2 Å². The lowest BCUT2D eigenvalue weighted by molar-refractivity contribution is 0.0931. The summed E-state index contributed by atoms with van der Waals surface area (Å²) in [6.07, 6.45) is 3.78. The van der Waals surface area contributed by atoms with Crippen molar-refractivity contribution in [2.24, 2.45) is 0 Å². The predicted molar refractivity (Wildman–Crippen MR) is 110 cm³/mol. The van der Waals surface area contributed by atoms with Crippen LogP contribution in [0.25, 0.3) is 10.9 Å². The summed E-state index contributed by atoms with van der Waals surface area (Å²) in [6.45, 7) is 1.23. The summed E-state index contributed by atoms with van der Waals surface area (Å²) in [7, 11) is 1.68. The Hall–Kier alpha value is -3.15. The standard InChI is InChI=1S/C23H24N2O4/c1-27-15-7-8-18-17(13-15)16-4-2-5-19(22(16)24-18)25-23(26)14-6-9-20-21(12-14)29-11-3-10-28-20/h6-9,12-13,19,24H,2-5,10-11H2,1H3,(H,25,26). The number of methoxy groups -OCH3 is 1. The van der Waals surface area contributed by atoms with Crippen LogP contribution in [-0.4, -0.2) is 31.2 Å². The van der Waals surface area contributed by atoms with Crippen LogP contribution < -0.4 is 19.5 Å². The number of hydrogen-bond donors (Lipinski definition) is 2. The molecule has 5 rings (SSSR count). The maximum Gasteiger partial charge on any atom is 0.251 e. The van der Waals surface area contributed by atoms with E-state index in [4.69, 9.17) is 14.2 Å². The molecule has 0 saturated carbocycles. The number of ether oxygens (including phenoxy) is 3. The Morgan fingerprint density at radius 3 is 2.83 bits per heavy atom. The van der Waals surface area contributed by atoms with Crippen molar-refractivity contribution in [2.75, 3.05) is 20.3 Å². The zero-order chi connectivity index (χ0) is 19.8. The van der Waals surface area contributed by atoms with Crippen molar-refractivity contribution in [3.05, 3.63) is 53.2 Å². The van der Waals surface area contributed by atoms with Crippen LogP contribution in [-0.2, 0) is 6.42 Å². The van der Waals surface area contributed by atoms with Gasteiger partial charge in [0, 0.05) is 28.6 Å². The Morgan fingerprint density at radius 2 is 1.97 bits per heavy atom. The molecule has 2 aliphatic rings. The molecule has 2 heterocycles. The van der Waals surface area contributed by atoms with Crippen molar-refractivity contribution in [1.29, 1.82) is 0 Å². The monoisotopic (exact) mass is 392 g/mol. The van der Waals surface area contributed by atoms with Crippen molar-refractivity contribution in [2.45, 2.75) is 31.7 Å². The molecule has 2 aromatic carbocycles. The molecular formula is C23H24N2O4. The van der Waals surface area contributed by atoms with Gasteiger partial charge in [-0.2, -0.15) is 0 Å². The molecule has 1 amide bonds. The Labute approximate surface area is 169 Å². The van der Waals surface area contributed by atoms with Crippen LogP contribution in [0.15, 0.2) is 36.4 Å². The van der Waals surface area contributed by atoms with Crippen molar-refractivity contribution in [3.63, 3.8) is 0 Å². The number of fused-ring (bicyclic) bond motifs is 4. The largest absolute Gasteiger partial charge is 0.497 e. The third kappa shape index (κ3) is 3.28. The molecule has 0 saturated heterocycles. The minimum absolute atomic E-state index is 0.0411. The van der Waals surface area contributed by atoms with Crippen LogP contribution in [0.2, 0.25) is 0 Å². The second-order valence-electron chi connectivity index (χ2n) is 7.56. The van der Waals surface area contributed by atoms with Gasteiger partial charge in [-0.25, -0.2) is 0 Å². The second kappa shape index (κ2) is 7.35. The molecule has 1 aliphatic carbocycles.